The van der Waals surface area contributed by atoms with Crippen molar-refractivity contribution in [1.29, 1.82) is 0 Å². The Kier molecular flexibility index (Phi) is 4.67. The van der Waals surface area contributed by atoms with Crippen molar-refractivity contribution in [2.75, 3.05) is 10.6 Å². The number of carbonyl (C=O) groups excluding carboxylic acids is 2. The van der Waals surface area contributed by atoms with Gasteiger partial charge in [-0.05, 0) is 51.1 Å². The van der Waals surface area contributed by atoms with E-state index < -0.39 is 0 Å². The van der Waals surface area contributed by atoms with Crippen molar-refractivity contribution < 1.29 is 9.59 Å². The highest BCUT2D eigenvalue weighted by Gasteiger charge is 2.13. The van der Waals surface area contributed by atoms with Gasteiger partial charge in [0.25, 0.3) is 11.8 Å². The normalized spacial score (nSPS) is 10.5. The van der Waals surface area contributed by atoms with Crippen LogP contribution in [0.25, 0.3) is 0 Å². The number of nitrogens with zero attached hydrogens (tertiary/aromatic N) is 1. The zero-order chi connectivity index (χ0) is 18.0. The molecule has 0 fully saturated rings. The van der Waals surface area contributed by atoms with E-state index in [4.69, 9.17) is 0 Å². The molecule has 3 N–H and O–H groups in total. The van der Waals surface area contributed by atoms with Gasteiger partial charge in [0.1, 0.15) is 0 Å². The number of nitrogens with one attached hydrogen (secondary N) is 3. The maximum absolute atomic E-state index is 12.5. The lowest BCUT2D eigenvalue weighted by Crippen LogP contribution is -2.14. The molecule has 2 amide bonds. The first-order chi connectivity index (χ1) is 11.9. The molecule has 3 aromatic rings. The molecule has 25 heavy (non-hydrogen) atoms. The van der Waals surface area contributed by atoms with Crippen LogP contribution in [-0.4, -0.2) is 22.0 Å². The fourth-order valence-corrected chi connectivity index (χ4v) is 3.17. The summed E-state index contributed by atoms with van der Waals surface area (Å²) in [5.41, 5.74) is 3.23. The maximum atomic E-state index is 12.5. The number of benzene rings is 1. The van der Waals surface area contributed by atoms with E-state index in [0.29, 0.717) is 21.8 Å². The number of amides is 2. The van der Waals surface area contributed by atoms with Crippen LogP contribution in [0.4, 0.5) is 11.4 Å². The molecule has 0 aliphatic rings. The minimum atomic E-state index is -0.254. The molecule has 1 aromatic carbocycles. The first-order valence-corrected chi connectivity index (χ1v) is 8.56. The van der Waals surface area contributed by atoms with E-state index in [1.54, 1.807) is 30.3 Å². The average molecular weight is 354 g/mol. The number of anilines is 2. The molecule has 128 valence electrons. The Morgan fingerprint density at radius 1 is 1.04 bits per heavy atom. The topological polar surface area (TPSA) is 86.9 Å². The standard InChI is InChI=1S/C18H18N4O2S/c1-10-7-8-15(25-10)18(24)19-14-6-4-5-13(9-14)17(23)20-16-11(2)21-22-12(16)3/h4-9H,1-3H3,(H,19,24)(H,20,23)(H,21,22). The second-order valence-electron chi connectivity index (χ2n) is 5.71. The lowest BCUT2D eigenvalue weighted by atomic mass is 10.1. The van der Waals surface area contributed by atoms with Gasteiger partial charge in [-0.2, -0.15) is 5.10 Å². The lowest BCUT2D eigenvalue weighted by molar-refractivity contribution is 0.101. The first kappa shape index (κ1) is 16.9. The fraction of sp³-hybridized carbons (Fsp3) is 0.167. The van der Waals surface area contributed by atoms with E-state index in [1.165, 1.54) is 11.3 Å². The third-order valence-electron chi connectivity index (χ3n) is 3.71. The van der Waals surface area contributed by atoms with Crippen LogP contribution in [0, 0.1) is 20.8 Å². The number of aromatic nitrogens is 2. The summed E-state index contributed by atoms with van der Waals surface area (Å²) in [5, 5.41) is 12.6. The first-order valence-electron chi connectivity index (χ1n) is 7.75. The number of rotatable bonds is 4. The molecule has 3 rings (SSSR count). The molecule has 2 heterocycles. The highest BCUT2D eigenvalue weighted by Crippen LogP contribution is 2.20. The van der Waals surface area contributed by atoms with Crippen LogP contribution < -0.4 is 10.6 Å². The molecule has 7 heteroatoms. The van der Waals surface area contributed by atoms with Gasteiger partial charge < -0.3 is 10.6 Å². The number of carbonyl (C=O) groups is 2. The van der Waals surface area contributed by atoms with Gasteiger partial charge in [0.2, 0.25) is 0 Å². The summed E-state index contributed by atoms with van der Waals surface area (Å²) in [5.74, 6) is -0.437. The Morgan fingerprint density at radius 3 is 2.48 bits per heavy atom. The summed E-state index contributed by atoms with van der Waals surface area (Å²) in [6.07, 6.45) is 0. The SMILES string of the molecule is Cc1ccc(C(=O)Nc2cccc(C(=O)Nc3c(C)n[nH]c3C)c2)s1. The number of hydrogen-bond donors (Lipinski definition) is 3. The van der Waals surface area contributed by atoms with Gasteiger partial charge in [-0.1, -0.05) is 6.07 Å². The molecule has 0 spiro atoms. The molecule has 6 nitrogen and oxygen atoms in total. The van der Waals surface area contributed by atoms with Crippen molar-refractivity contribution in [2.45, 2.75) is 20.8 Å². The zero-order valence-corrected chi connectivity index (χ0v) is 15.0. The van der Waals surface area contributed by atoms with Crippen molar-refractivity contribution in [3.63, 3.8) is 0 Å². The predicted molar refractivity (Wildman–Crippen MR) is 99.5 cm³/mol. The molecule has 0 bridgehead atoms. The van der Waals surface area contributed by atoms with Gasteiger partial charge in [0, 0.05) is 16.1 Å². The quantitative estimate of drug-likeness (QED) is 0.664. The van der Waals surface area contributed by atoms with Gasteiger partial charge in [-0.15, -0.1) is 11.3 Å². The number of H-pyrrole nitrogens is 1. The summed E-state index contributed by atoms with van der Waals surface area (Å²) < 4.78 is 0. The second-order valence-corrected chi connectivity index (χ2v) is 7.00. The summed E-state index contributed by atoms with van der Waals surface area (Å²) >= 11 is 1.43. The summed E-state index contributed by atoms with van der Waals surface area (Å²) in [6.45, 7) is 5.61. The van der Waals surface area contributed by atoms with E-state index in [0.717, 1.165) is 16.3 Å². The van der Waals surface area contributed by atoms with Crippen LogP contribution in [0.5, 0.6) is 0 Å². The Labute approximate surface area is 149 Å². The third kappa shape index (κ3) is 3.77. The van der Waals surface area contributed by atoms with Crippen molar-refractivity contribution in [1.82, 2.24) is 10.2 Å². The zero-order valence-electron chi connectivity index (χ0n) is 14.1. The van der Waals surface area contributed by atoms with Crippen molar-refractivity contribution in [3.8, 4) is 0 Å². The van der Waals surface area contributed by atoms with Gasteiger partial charge in [-0.3, -0.25) is 14.7 Å². The van der Waals surface area contributed by atoms with E-state index in [-0.39, 0.29) is 11.8 Å². The molecule has 0 atom stereocenters. The smallest absolute Gasteiger partial charge is 0.265 e. The molecule has 0 aliphatic heterocycles. The molecule has 0 radical (unpaired) electrons. The molecule has 2 aromatic heterocycles. The van der Waals surface area contributed by atoms with Crippen LogP contribution in [0.1, 0.15) is 36.3 Å². The van der Waals surface area contributed by atoms with Crippen molar-refractivity contribution >= 4 is 34.5 Å². The molecule has 0 unspecified atom stereocenters. The summed E-state index contributed by atoms with van der Waals surface area (Å²) in [6, 6.07) is 10.5. The van der Waals surface area contributed by atoms with Crippen molar-refractivity contribution in [3.05, 3.63) is 63.1 Å². The molecule has 0 saturated carbocycles. The number of aromatic amines is 1. The minimum Gasteiger partial charge on any atom is -0.321 e. The van der Waals surface area contributed by atoms with E-state index in [2.05, 4.69) is 20.8 Å². The monoisotopic (exact) mass is 354 g/mol. The lowest BCUT2D eigenvalue weighted by Gasteiger charge is -2.08. The van der Waals surface area contributed by atoms with E-state index in [1.807, 2.05) is 26.8 Å². The van der Waals surface area contributed by atoms with Gasteiger partial charge in [0.05, 0.1) is 22.0 Å². The van der Waals surface area contributed by atoms with Crippen LogP contribution >= 0.6 is 11.3 Å². The maximum Gasteiger partial charge on any atom is 0.265 e. The predicted octanol–water partition coefficient (Wildman–Crippen LogP) is 3.90. The van der Waals surface area contributed by atoms with Gasteiger partial charge in [0.15, 0.2) is 0 Å². The molecular formula is C18H18N4O2S. The van der Waals surface area contributed by atoms with E-state index in [9.17, 15) is 9.59 Å². The Hall–Kier alpha value is -2.93. The highest BCUT2D eigenvalue weighted by molar-refractivity contribution is 7.14. The largest absolute Gasteiger partial charge is 0.321 e. The average Bonchev–Trinajstić information content (AvgIpc) is 3.16. The van der Waals surface area contributed by atoms with E-state index >= 15 is 0 Å². The van der Waals surface area contributed by atoms with Crippen LogP contribution in [0.2, 0.25) is 0 Å². The summed E-state index contributed by atoms with van der Waals surface area (Å²) in [4.78, 5) is 26.4. The number of aryl methyl sites for hydroxylation is 3. The number of thiophene rings is 1. The Morgan fingerprint density at radius 2 is 1.84 bits per heavy atom. The highest BCUT2D eigenvalue weighted by atomic mass is 32.1. The minimum absolute atomic E-state index is 0.183. The number of hydrogen-bond acceptors (Lipinski definition) is 4. The fourth-order valence-electron chi connectivity index (χ4n) is 2.41. The Bertz CT molecular complexity index is 923. The summed E-state index contributed by atoms with van der Waals surface area (Å²) in [7, 11) is 0. The van der Waals surface area contributed by atoms with Crippen molar-refractivity contribution in [2.24, 2.45) is 0 Å². The van der Waals surface area contributed by atoms with Crippen LogP contribution in [0.15, 0.2) is 36.4 Å². The van der Waals surface area contributed by atoms with Gasteiger partial charge >= 0.3 is 0 Å². The van der Waals surface area contributed by atoms with Gasteiger partial charge in [-0.25, -0.2) is 0 Å². The van der Waals surface area contributed by atoms with Crippen LogP contribution in [0.3, 0.4) is 0 Å². The second kappa shape index (κ2) is 6.90. The molecule has 0 aliphatic carbocycles. The third-order valence-corrected chi connectivity index (χ3v) is 4.71. The molecule has 0 saturated heterocycles. The van der Waals surface area contributed by atoms with Crippen LogP contribution in [-0.2, 0) is 0 Å². The molecular weight excluding hydrogens is 336 g/mol. The Balaban J connectivity index is 1.75.